The van der Waals surface area contributed by atoms with Crippen molar-refractivity contribution in [1.29, 1.82) is 0 Å². The number of carboxylic acids is 1. The van der Waals surface area contributed by atoms with Crippen molar-refractivity contribution >= 4 is 41.0 Å². The van der Waals surface area contributed by atoms with Crippen LogP contribution in [0.3, 0.4) is 0 Å². The quantitative estimate of drug-likeness (QED) is 0.241. The van der Waals surface area contributed by atoms with Gasteiger partial charge in [-0.2, -0.15) is 0 Å². The molecular weight excluding hydrogens is 414 g/mol. The standard InChI is InChI=1S/C22H21N5O3S/c23-22(24)27-16-6-1-4-14(10-16)21(30)26-17-7-2-8-18(11-17)31-19(12-20(28)29)15-5-3-9-25-13-15/h1-11,13,19H,12H2,(H,26,30)(H,28,29)(H4,23,24,27). The molecule has 158 valence electrons. The van der Waals surface area contributed by atoms with E-state index in [-0.39, 0.29) is 23.5 Å². The third kappa shape index (κ3) is 6.58. The molecule has 9 heteroatoms. The number of pyridine rings is 1. The molecule has 0 aliphatic carbocycles. The van der Waals surface area contributed by atoms with E-state index in [2.05, 4.69) is 15.3 Å². The van der Waals surface area contributed by atoms with Crippen LogP contribution in [0, 0.1) is 0 Å². The molecule has 31 heavy (non-hydrogen) atoms. The van der Waals surface area contributed by atoms with E-state index in [4.69, 9.17) is 11.5 Å². The van der Waals surface area contributed by atoms with Gasteiger partial charge in [0.1, 0.15) is 0 Å². The summed E-state index contributed by atoms with van der Waals surface area (Å²) in [5, 5.41) is 11.8. The highest BCUT2D eigenvalue weighted by molar-refractivity contribution is 7.99. The average Bonchev–Trinajstić information content (AvgIpc) is 2.73. The Bertz CT molecular complexity index is 1100. The van der Waals surface area contributed by atoms with Crippen molar-refractivity contribution in [2.45, 2.75) is 16.6 Å². The van der Waals surface area contributed by atoms with Crippen LogP contribution in [0.2, 0.25) is 0 Å². The third-order valence-electron chi connectivity index (χ3n) is 4.15. The molecule has 3 aromatic rings. The summed E-state index contributed by atoms with van der Waals surface area (Å²) in [7, 11) is 0. The number of hydrogen-bond acceptors (Lipinski definition) is 5. The lowest BCUT2D eigenvalue weighted by Gasteiger charge is -2.15. The van der Waals surface area contributed by atoms with Crippen LogP contribution < -0.4 is 16.8 Å². The second-order valence-corrected chi connectivity index (χ2v) is 7.84. The molecule has 0 saturated heterocycles. The summed E-state index contributed by atoms with van der Waals surface area (Å²) >= 11 is 1.40. The number of thioether (sulfide) groups is 1. The minimum Gasteiger partial charge on any atom is -0.481 e. The SMILES string of the molecule is NC(N)=Nc1cccc(C(=O)Nc2cccc(SC(CC(=O)O)c3cccnc3)c2)c1. The van der Waals surface area contributed by atoms with E-state index in [9.17, 15) is 14.7 Å². The lowest BCUT2D eigenvalue weighted by Crippen LogP contribution is -2.21. The summed E-state index contributed by atoms with van der Waals surface area (Å²) in [6, 6.07) is 17.5. The fraction of sp³-hybridized carbons (Fsp3) is 0.0909. The number of aromatic nitrogens is 1. The van der Waals surface area contributed by atoms with E-state index in [0.717, 1.165) is 10.5 Å². The lowest BCUT2D eigenvalue weighted by molar-refractivity contribution is -0.137. The summed E-state index contributed by atoms with van der Waals surface area (Å²) in [5.41, 5.74) is 13.1. The van der Waals surface area contributed by atoms with Gasteiger partial charge in [0.25, 0.3) is 5.91 Å². The number of nitrogens with one attached hydrogen (secondary N) is 1. The number of anilines is 1. The third-order valence-corrected chi connectivity index (χ3v) is 5.40. The highest BCUT2D eigenvalue weighted by atomic mass is 32.2. The van der Waals surface area contributed by atoms with Gasteiger partial charge >= 0.3 is 5.97 Å². The summed E-state index contributed by atoms with van der Waals surface area (Å²) in [5.74, 6) is -1.30. The van der Waals surface area contributed by atoms with Crippen molar-refractivity contribution in [3.63, 3.8) is 0 Å². The largest absolute Gasteiger partial charge is 0.481 e. The fourth-order valence-corrected chi connectivity index (χ4v) is 4.02. The molecule has 6 N–H and O–H groups in total. The molecule has 0 fully saturated rings. The highest BCUT2D eigenvalue weighted by Gasteiger charge is 2.18. The second kappa shape index (κ2) is 10.3. The molecule has 0 bridgehead atoms. The Morgan fingerprint density at radius 3 is 2.61 bits per heavy atom. The number of hydrogen-bond donors (Lipinski definition) is 4. The number of carboxylic acid groups (broad SMARTS) is 1. The molecule has 1 atom stereocenters. The summed E-state index contributed by atoms with van der Waals surface area (Å²) in [4.78, 5) is 32.8. The normalized spacial score (nSPS) is 11.4. The van der Waals surface area contributed by atoms with Crippen LogP contribution in [-0.2, 0) is 4.79 Å². The van der Waals surface area contributed by atoms with Gasteiger partial charge < -0.3 is 21.9 Å². The van der Waals surface area contributed by atoms with Crippen LogP contribution in [0.4, 0.5) is 11.4 Å². The Labute approximate surface area is 183 Å². The van der Waals surface area contributed by atoms with Crippen molar-refractivity contribution in [3.8, 4) is 0 Å². The first-order valence-corrected chi connectivity index (χ1v) is 10.2. The van der Waals surface area contributed by atoms with Gasteiger partial charge in [0.2, 0.25) is 0 Å². The fourth-order valence-electron chi connectivity index (χ4n) is 2.83. The minimum absolute atomic E-state index is 0.0511. The van der Waals surface area contributed by atoms with Crippen molar-refractivity contribution in [3.05, 3.63) is 84.2 Å². The molecule has 0 saturated carbocycles. The van der Waals surface area contributed by atoms with E-state index in [1.165, 1.54) is 11.8 Å². The molecule has 0 aliphatic rings. The Morgan fingerprint density at radius 1 is 1.10 bits per heavy atom. The predicted molar refractivity (Wildman–Crippen MR) is 121 cm³/mol. The zero-order valence-corrected chi connectivity index (χ0v) is 17.3. The molecule has 1 aromatic heterocycles. The first-order valence-electron chi connectivity index (χ1n) is 9.30. The summed E-state index contributed by atoms with van der Waals surface area (Å²) < 4.78 is 0. The molecule has 1 amide bonds. The zero-order valence-electron chi connectivity index (χ0n) is 16.4. The Morgan fingerprint density at radius 2 is 1.90 bits per heavy atom. The van der Waals surface area contributed by atoms with Gasteiger partial charge in [-0.3, -0.25) is 14.6 Å². The molecule has 3 rings (SSSR count). The maximum absolute atomic E-state index is 12.6. The lowest BCUT2D eigenvalue weighted by atomic mass is 10.1. The Kier molecular flexibility index (Phi) is 7.23. The molecule has 8 nitrogen and oxygen atoms in total. The zero-order chi connectivity index (χ0) is 22.2. The molecule has 1 heterocycles. The van der Waals surface area contributed by atoms with E-state index < -0.39 is 5.97 Å². The molecule has 0 radical (unpaired) electrons. The minimum atomic E-state index is -0.897. The number of nitrogens with two attached hydrogens (primary N) is 2. The molecule has 0 aliphatic heterocycles. The average molecular weight is 436 g/mol. The number of aliphatic imine (C=N–C) groups is 1. The number of nitrogens with zero attached hydrogens (tertiary/aromatic N) is 2. The number of rotatable bonds is 8. The first kappa shape index (κ1) is 21.8. The van der Waals surface area contributed by atoms with E-state index in [0.29, 0.717) is 16.9 Å². The molecule has 0 spiro atoms. The van der Waals surface area contributed by atoms with Crippen LogP contribution in [0.1, 0.15) is 27.6 Å². The molecular formula is C22H21N5O3S. The van der Waals surface area contributed by atoms with Gasteiger partial charge in [-0.05, 0) is 48.0 Å². The molecule has 1 unspecified atom stereocenters. The van der Waals surface area contributed by atoms with Crippen LogP contribution in [0.15, 0.2) is 82.9 Å². The first-order chi connectivity index (χ1) is 14.9. The van der Waals surface area contributed by atoms with Crippen LogP contribution in [-0.4, -0.2) is 27.9 Å². The van der Waals surface area contributed by atoms with Crippen LogP contribution >= 0.6 is 11.8 Å². The number of guanidine groups is 1. The van der Waals surface area contributed by atoms with Gasteiger partial charge in [-0.1, -0.05) is 18.2 Å². The maximum atomic E-state index is 12.6. The second-order valence-electron chi connectivity index (χ2n) is 6.56. The van der Waals surface area contributed by atoms with Crippen molar-refractivity contribution in [2.24, 2.45) is 16.5 Å². The van der Waals surface area contributed by atoms with Crippen LogP contribution in [0.5, 0.6) is 0 Å². The van der Waals surface area contributed by atoms with Crippen molar-refractivity contribution < 1.29 is 14.7 Å². The monoisotopic (exact) mass is 435 g/mol. The van der Waals surface area contributed by atoms with Crippen molar-refractivity contribution in [1.82, 2.24) is 4.98 Å². The van der Waals surface area contributed by atoms with E-state index in [1.54, 1.807) is 60.9 Å². The number of benzene rings is 2. The van der Waals surface area contributed by atoms with Gasteiger partial charge in [0.15, 0.2) is 5.96 Å². The number of carbonyl (C=O) groups is 2. The van der Waals surface area contributed by atoms with E-state index in [1.807, 2.05) is 12.1 Å². The van der Waals surface area contributed by atoms with Gasteiger partial charge in [0.05, 0.1) is 12.1 Å². The Balaban J connectivity index is 1.76. The predicted octanol–water partition coefficient (Wildman–Crippen LogP) is 3.55. The van der Waals surface area contributed by atoms with Gasteiger partial charge in [-0.25, -0.2) is 4.99 Å². The summed E-state index contributed by atoms with van der Waals surface area (Å²) in [6.45, 7) is 0. The van der Waals surface area contributed by atoms with Gasteiger partial charge in [-0.15, -0.1) is 11.8 Å². The van der Waals surface area contributed by atoms with Crippen LogP contribution in [0.25, 0.3) is 0 Å². The Hall–Kier alpha value is -3.85. The van der Waals surface area contributed by atoms with E-state index >= 15 is 0 Å². The number of amides is 1. The summed E-state index contributed by atoms with van der Waals surface area (Å²) in [6.07, 6.45) is 3.25. The highest BCUT2D eigenvalue weighted by Crippen LogP contribution is 2.38. The molecule has 2 aromatic carbocycles. The number of aliphatic carboxylic acids is 1. The maximum Gasteiger partial charge on any atom is 0.304 e. The van der Waals surface area contributed by atoms with Gasteiger partial charge in [0, 0.05) is 33.8 Å². The topological polar surface area (TPSA) is 144 Å². The number of carbonyl (C=O) groups excluding carboxylic acids is 1. The van der Waals surface area contributed by atoms with Crippen molar-refractivity contribution in [2.75, 3.05) is 5.32 Å². The smallest absolute Gasteiger partial charge is 0.304 e.